The quantitative estimate of drug-likeness (QED) is 0.190. The normalized spacial score (nSPS) is 19.5. The van der Waals surface area contributed by atoms with Crippen LogP contribution in [0.3, 0.4) is 0 Å². The summed E-state index contributed by atoms with van der Waals surface area (Å²) in [6.45, 7) is 0. The van der Waals surface area contributed by atoms with Crippen LogP contribution in [0.4, 0.5) is 0 Å². The zero-order chi connectivity index (χ0) is 30.4. The largest absolute Gasteiger partial charge is 0.208 e. The molecule has 3 aliphatic carbocycles. The Morgan fingerprint density at radius 2 is 0.848 bits per heavy atom. The molecule has 0 radical (unpaired) electrons. The van der Waals surface area contributed by atoms with Crippen molar-refractivity contribution in [2.45, 2.75) is 17.3 Å². The number of hydrogen-bond donors (Lipinski definition) is 0. The molecule has 1 aromatic heterocycles. The van der Waals surface area contributed by atoms with Crippen LogP contribution in [0.25, 0.3) is 45.3 Å². The summed E-state index contributed by atoms with van der Waals surface area (Å²) in [5.41, 5.74) is 14.2. The second kappa shape index (κ2) is 9.65. The van der Waals surface area contributed by atoms with E-state index in [1.54, 1.807) is 0 Å². The van der Waals surface area contributed by atoms with Gasteiger partial charge in [-0.1, -0.05) is 155 Å². The van der Waals surface area contributed by atoms with E-state index in [1.165, 1.54) is 49.0 Å². The van der Waals surface area contributed by atoms with E-state index in [4.69, 9.17) is 15.0 Å². The number of rotatable bonds is 4. The molecule has 7 aromatic rings. The SMILES string of the molecule is Brc1ccc(-c2ccc(-c3nc(-c4ccccc4)nc(-c4ccccc4)n3)cc2)c2c1C1c3ccccc3C13c1ccccc1C23. The smallest absolute Gasteiger partial charge is 0.164 e. The Balaban J connectivity index is 1.10. The van der Waals surface area contributed by atoms with Crippen molar-refractivity contribution in [2.24, 2.45) is 0 Å². The van der Waals surface area contributed by atoms with Crippen LogP contribution in [-0.2, 0) is 5.41 Å². The van der Waals surface area contributed by atoms with Gasteiger partial charge in [0.25, 0.3) is 0 Å². The van der Waals surface area contributed by atoms with E-state index in [-0.39, 0.29) is 5.41 Å². The monoisotopic (exact) mass is 651 g/mol. The Hall–Kier alpha value is -5.19. The molecule has 0 fully saturated rings. The van der Waals surface area contributed by atoms with E-state index >= 15 is 0 Å². The lowest BCUT2D eigenvalue weighted by Gasteiger charge is -2.58. The standard InChI is InChI=1S/C42H26BrN3/c43-34-24-23-29(35-36(34)38-31-16-8-10-18-33(31)42(38)32-17-9-7-15-30(32)37(35)42)25-19-21-28(22-20-25)41-45-39(26-11-3-1-4-12-26)44-40(46-41)27-13-5-2-6-14-27/h1-24,37-38H. The number of halogens is 1. The van der Waals surface area contributed by atoms with Gasteiger partial charge in [0.15, 0.2) is 17.5 Å². The lowest BCUT2D eigenvalue weighted by Crippen LogP contribution is -2.52. The fourth-order valence-corrected chi connectivity index (χ4v) is 9.06. The molecule has 10 rings (SSSR count). The summed E-state index contributed by atoms with van der Waals surface area (Å²) < 4.78 is 1.20. The minimum Gasteiger partial charge on any atom is -0.208 e. The third-order valence-corrected chi connectivity index (χ3v) is 11.0. The van der Waals surface area contributed by atoms with E-state index in [0.29, 0.717) is 29.3 Å². The second-order valence-corrected chi connectivity index (χ2v) is 13.3. The zero-order valence-corrected chi connectivity index (χ0v) is 26.3. The number of nitrogens with zero attached hydrogens (tertiary/aromatic N) is 3. The van der Waals surface area contributed by atoms with E-state index in [2.05, 4.69) is 101 Å². The molecule has 6 aromatic carbocycles. The predicted molar refractivity (Wildman–Crippen MR) is 187 cm³/mol. The zero-order valence-electron chi connectivity index (χ0n) is 24.7. The predicted octanol–water partition coefficient (Wildman–Crippen LogP) is 10.2. The van der Waals surface area contributed by atoms with Crippen molar-refractivity contribution in [1.82, 2.24) is 15.0 Å². The minimum absolute atomic E-state index is 0.0284. The highest BCUT2D eigenvalue weighted by Gasteiger charge is 2.70. The first-order valence-corrected chi connectivity index (χ1v) is 16.5. The Bertz CT molecular complexity index is 2280. The summed E-state index contributed by atoms with van der Waals surface area (Å²) in [6, 6.07) is 51.7. The van der Waals surface area contributed by atoms with Crippen molar-refractivity contribution >= 4 is 15.9 Å². The highest BCUT2D eigenvalue weighted by molar-refractivity contribution is 9.10. The lowest BCUT2D eigenvalue weighted by molar-refractivity contribution is 0.332. The van der Waals surface area contributed by atoms with Crippen molar-refractivity contribution in [1.29, 1.82) is 0 Å². The molecular formula is C42H26BrN3. The van der Waals surface area contributed by atoms with Crippen molar-refractivity contribution in [2.75, 3.05) is 0 Å². The number of fused-ring (bicyclic) bond motifs is 7. The molecule has 3 atom stereocenters. The second-order valence-electron chi connectivity index (χ2n) is 12.4. The van der Waals surface area contributed by atoms with Crippen molar-refractivity contribution < 1.29 is 0 Å². The van der Waals surface area contributed by atoms with Crippen LogP contribution >= 0.6 is 15.9 Å². The van der Waals surface area contributed by atoms with Crippen LogP contribution in [0.15, 0.2) is 150 Å². The van der Waals surface area contributed by atoms with E-state index in [0.717, 1.165) is 16.7 Å². The molecule has 46 heavy (non-hydrogen) atoms. The first-order chi connectivity index (χ1) is 22.7. The molecule has 0 amide bonds. The molecule has 0 N–H and O–H groups in total. The fraction of sp³-hybridized carbons (Fsp3) is 0.0714. The summed E-state index contributed by atoms with van der Waals surface area (Å²) in [6.07, 6.45) is 0. The average Bonchev–Trinajstić information content (AvgIpc) is 3.34. The van der Waals surface area contributed by atoms with E-state index in [1.807, 2.05) is 60.7 Å². The van der Waals surface area contributed by atoms with Crippen molar-refractivity contribution in [3.63, 3.8) is 0 Å². The number of hydrogen-bond acceptors (Lipinski definition) is 3. The van der Waals surface area contributed by atoms with Gasteiger partial charge in [-0.15, -0.1) is 0 Å². The molecule has 3 unspecified atom stereocenters. The van der Waals surface area contributed by atoms with Crippen LogP contribution in [0.5, 0.6) is 0 Å². The van der Waals surface area contributed by atoms with Gasteiger partial charge < -0.3 is 0 Å². The first-order valence-electron chi connectivity index (χ1n) is 15.7. The Morgan fingerprint density at radius 3 is 1.39 bits per heavy atom. The van der Waals surface area contributed by atoms with Crippen LogP contribution in [0.2, 0.25) is 0 Å². The number of aromatic nitrogens is 3. The molecule has 0 saturated carbocycles. The van der Waals surface area contributed by atoms with Gasteiger partial charge in [0, 0.05) is 38.4 Å². The average molecular weight is 653 g/mol. The van der Waals surface area contributed by atoms with E-state index < -0.39 is 0 Å². The topological polar surface area (TPSA) is 38.7 Å². The van der Waals surface area contributed by atoms with Crippen molar-refractivity contribution in [3.8, 4) is 45.3 Å². The van der Waals surface area contributed by atoms with Gasteiger partial charge in [-0.05, 0) is 50.6 Å². The maximum atomic E-state index is 4.95. The Morgan fingerprint density at radius 1 is 0.413 bits per heavy atom. The summed E-state index contributed by atoms with van der Waals surface area (Å²) in [7, 11) is 0. The van der Waals surface area contributed by atoms with Gasteiger partial charge >= 0.3 is 0 Å². The molecule has 0 aliphatic heterocycles. The summed E-state index contributed by atoms with van der Waals surface area (Å²) in [5.74, 6) is 2.72. The summed E-state index contributed by atoms with van der Waals surface area (Å²) in [4.78, 5) is 14.8. The third kappa shape index (κ3) is 3.40. The molecule has 3 nitrogen and oxygen atoms in total. The summed E-state index contributed by atoms with van der Waals surface area (Å²) in [5, 5.41) is 0. The third-order valence-electron chi connectivity index (χ3n) is 10.3. The van der Waals surface area contributed by atoms with Gasteiger partial charge in [-0.25, -0.2) is 15.0 Å². The van der Waals surface area contributed by atoms with Gasteiger partial charge in [-0.2, -0.15) is 0 Å². The highest BCUT2D eigenvalue weighted by atomic mass is 79.9. The first kappa shape index (κ1) is 26.1. The molecule has 216 valence electrons. The maximum absolute atomic E-state index is 4.95. The molecular weight excluding hydrogens is 626 g/mol. The van der Waals surface area contributed by atoms with Crippen LogP contribution in [0.1, 0.15) is 45.2 Å². The molecule has 1 heterocycles. The van der Waals surface area contributed by atoms with E-state index in [9.17, 15) is 0 Å². The molecule has 1 spiro atoms. The van der Waals surface area contributed by atoms with Gasteiger partial charge in [0.1, 0.15) is 0 Å². The maximum Gasteiger partial charge on any atom is 0.164 e. The van der Waals surface area contributed by atoms with Crippen molar-refractivity contribution in [3.05, 3.63) is 183 Å². The molecule has 4 heteroatoms. The van der Waals surface area contributed by atoms with Gasteiger partial charge in [-0.3, -0.25) is 0 Å². The lowest BCUT2D eigenvalue weighted by atomic mass is 9.43. The van der Waals surface area contributed by atoms with Crippen LogP contribution < -0.4 is 0 Å². The summed E-state index contributed by atoms with van der Waals surface area (Å²) >= 11 is 4.00. The minimum atomic E-state index is 0.0284. The molecule has 0 bridgehead atoms. The highest BCUT2D eigenvalue weighted by Crippen LogP contribution is 2.78. The Labute approximate surface area is 275 Å². The van der Waals surface area contributed by atoms with Crippen LogP contribution in [0, 0.1) is 0 Å². The molecule has 0 saturated heterocycles. The fourth-order valence-electron chi connectivity index (χ4n) is 8.49. The van der Waals surface area contributed by atoms with Crippen LogP contribution in [-0.4, -0.2) is 15.0 Å². The number of benzene rings is 6. The van der Waals surface area contributed by atoms with Gasteiger partial charge in [0.05, 0.1) is 0 Å². The van der Waals surface area contributed by atoms with Gasteiger partial charge in [0.2, 0.25) is 0 Å². The molecule has 3 aliphatic rings. The Kier molecular flexibility index (Phi) is 5.47.